The standard InChI is InChI=1S/C27H26Cl2FN3O/c1-17(26-22(29)7-6-8-23(26)30)32(3)24-12-10-18(16-25(24)33-13-4-5-14-33)20-15-19(27(34)31-2)9-11-21(20)28/h6-12,15-16H,1,4-5,13-14H2,2-3H3,(H,31,34). The molecule has 34 heavy (non-hydrogen) atoms. The number of hydrogen-bond acceptors (Lipinski definition) is 3. The predicted octanol–water partition coefficient (Wildman–Crippen LogP) is 6.87. The first-order chi connectivity index (χ1) is 16.3. The van der Waals surface area contributed by atoms with Gasteiger partial charge in [-0.1, -0.05) is 41.9 Å². The van der Waals surface area contributed by atoms with E-state index in [2.05, 4.69) is 22.9 Å². The molecule has 1 N–H and O–H groups in total. The van der Waals surface area contributed by atoms with Gasteiger partial charge >= 0.3 is 0 Å². The number of carbonyl (C=O) groups is 1. The van der Waals surface area contributed by atoms with Crippen LogP contribution in [-0.4, -0.2) is 33.1 Å². The fourth-order valence-corrected chi connectivity index (χ4v) is 4.80. The summed E-state index contributed by atoms with van der Waals surface area (Å²) in [6.45, 7) is 5.98. The molecule has 7 heteroatoms. The number of carbonyl (C=O) groups excluding carboxylic acids is 1. The summed E-state index contributed by atoms with van der Waals surface area (Å²) in [5, 5.41) is 3.52. The van der Waals surface area contributed by atoms with Gasteiger partial charge in [-0.25, -0.2) is 4.39 Å². The lowest BCUT2D eigenvalue weighted by atomic mass is 10.0. The summed E-state index contributed by atoms with van der Waals surface area (Å²) in [6, 6.07) is 15.9. The van der Waals surface area contributed by atoms with E-state index in [0.717, 1.165) is 48.4 Å². The molecule has 0 bridgehead atoms. The zero-order valence-electron chi connectivity index (χ0n) is 19.2. The molecule has 1 saturated heterocycles. The Morgan fingerprint density at radius 2 is 1.79 bits per heavy atom. The summed E-state index contributed by atoms with van der Waals surface area (Å²) in [5.74, 6) is -0.589. The average molecular weight is 498 g/mol. The second kappa shape index (κ2) is 10.1. The van der Waals surface area contributed by atoms with E-state index in [1.54, 1.807) is 37.4 Å². The van der Waals surface area contributed by atoms with E-state index in [-0.39, 0.29) is 11.5 Å². The van der Waals surface area contributed by atoms with Crippen LogP contribution in [0, 0.1) is 5.82 Å². The Labute approximate surface area is 209 Å². The minimum Gasteiger partial charge on any atom is -0.370 e. The molecule has 0 aromatic heterocycles. The molecule has 1 heterocycles. The molecule has 1 aliphatic heterocycles. The van der Waals surface area contributed by atoms with Crippen LogP contribution in [0.2, 0.25) is 10.0 Å². The molecule has 3 aromatic carbocycles. The van der Waals surface area contributed by atoms with Gasteiger partial charge in [-0.3, -0.25) is 4.79 Å². The zero-order chi connectivity index (χ0) is 24.4. The fourth-order valence-electron chi connectivity index (χ4n) is 4.30. The maximum atomic E-state index is 14.6. The first kappa shape index (κ1) is 24.1. The third-order valence-corrected chi connectivity index (χ3v) is 6.85. The Bertz CT molecular complexity index is 1230. The van der Waals surface area contributed by atoms with Gasteiger partial charge in [0.15, 0.2) is 0 Å². The van der Waals surface area contributed by atoms with Crippen LogP contribution in [0.5, 0.6) is 0 Å². The number of nitrogens with zero attached hydrogens (tertiary/aromatic N) is 2. The summed E-state index contributed by atoms with van der Waals surface area (Å²) in [6.07, 6.45) is 2.20. The summed E-state index contributed by atoms with van der Waals surface area (Å²) in [7, 11) is 3.46. The van der Waals surface area contributed by atoms with Crippen molar-refractivity contribution < 1.29 is 9.18 Å². The molecule has 176 valence electrons. The Balaban J connectivity index is 1.80. The average Bonchev–Trinajstić information content (AvgIpc) is 3.38. The number of halogens is 3. The lowest BCUT2D eigenvalue weighted by molar-refractivity contribution is 0.0963. The van der Waals surface area contributed by atoms with E-state index >= 15 is 0 Å². The van der Waals surface area contributed by atoms with Crippen LogP contribution in [-0.2, 0) is 0 Å². The quantitative estimate of drug-likeness (QED) is 0.403. The van der Waals surface area contributed by atoms with Crippen LogP contribution in [0.15, 0.2) is 61.2 Å². The first-order valence-corrected chi connectivity index (χ1v) is 11.9. The largest absolute Gasteiger partial charge is 0.370 e. The number of anilines is 2. The molecule has 3 aromatic rings. The maximum Gasteiger partial charge on any atom is 0.251 e. The van der Waals surface area contributed by atoms with Crippen molar-refractivity contribution in [3.63, 3.8) is 0 Å². The van der Waals surface area contributed by atoms with Gasteiger partial charge in [-0.15, -0.1) is 0 Å². The van der Waals surface area contributed by atoms with E-state index in [4.69, 9.17) is 23.2 Å². The van der Waals surface area contributed by atoms with Gasteiger partial charge in [0.1, 0.15) is 5.82 Å². The van der Waals surface area contributed by atoms with Crippen LogP contribution in [0.3, 0.4) is 0 Å². The van der Waals surface area contributed by atoms with E-state index in [0.29, 0.717) is 21.3 Å². The minimum absolute atomic E-state index is 0.174. The van der Waals surface area contributed by atoms with Crippen LogP contribution in [0.4, 0.5) is 15.8 Å². The second-order valence-electron chi connectivity index (χ2n) is 8.27. The van der Waals surface area contributed by atoms with E-state index < -0.39 is 5.82 Å². The Morgan fingerprint density at radius 3 is 2.47 bits per heavy atom. The monoisotopic (exact) mass is 497 g/mol. The van der Waals surface area contributed by atoms with Gasteiger partial charge in [-0.2, -0.15) is 0 Å². The number of amides is 1. The normalized spacial score (nSPS) is 13.1. The summed E-state index contributed by atoms with van der Waals surface area (Å²) in [4.78, 5) is 16.3. The van der Waals surface area contributed by atoms with E-state index in [1.165, 1.54) is 6.07 Å². The Hall–Kier alpha value is -3.02. The molecule has 4 nitrogen and oxygen atoms in total. The molecule has 0 aliphatic carbocycles. The topological polar surface area (TPSA) is 35.6 Å². The highest BCUT2D eigenvalue weighted by Crippen LogP contribution is 2.40. The molecule has 0 atom stereocenters. The van der Waals surface area contributed by atoms with Gasteiger partial charge in [0.2, 0.25) is 0 Å². The van der Waals surface area contributed by atoms with Crippen LogP contribution in [0.1, 0.15) is 28.8 Å². The minimum atomic E-state index is -0.415. The van der Waals surface area contributed by atoms with Crippen molar-refractivity contribution in [2.24, 2.45) is 0 Å². The molecular weight excluding hydrogens is 472 g/mol. The number of hydrogen-bond donors (Lipinski definition) is 1. The lowest BCUT2D eigenvalue weighted by Gasteiger charge is -2.30. The number of benzene rings is 3. The Kier molecular flexibility index (Phi) is 7.15. The van der Waals surface area contributed by atoms with Crippen LogP contribution >= 0.6 is 23.2 Å². The third-order valence-electron chi connectivity index (χ3n) is 6.21. The van der Waals surface area contributed by atoms with Gasteiger partial charge in [0.05, 0.1) is 22.0 Å². The van der Waals surface area contributed by atoms with Crippen molar-refractivity contribution >= 4 is 46.2 Å². The van der Waals surface area contributed by atoms with Crippen molar-refractivity contribution in [2.45, 2.75) is 12.8 Å². The molecule has 1 fully saturated rings. The van der Waals surface area contributed by atoms with Crippen molar-refractivity contribution in [1.82, 2.24) is 5.32 Å². The highest BCUT2D eigenvalue weighted by atomic mass is 35.5. The summed E-state index contributed by atoms with van der Waals surface area (Å²) < 4.78 is 14.6. The van der Waals surface area contributed by atoms with E-state index in [1.807, 2.05) is 24.1 Å². The molecular formula is C27H26Cl2FN3O. The molecule has 0 spiro atoms. The number of nitrogens with one attached hydrogen (secondary N) is 1. The van der Waals surface area contributed by atoms with Crippen molar-refractivity contribution in [3.05, 3.63) is 88.2 Å². The first-order valence-electron chi connectivity index (χ1n) is 11.1. The van der Waals surface area contributed by atoms with Crippen molar-refractivity contribution in [3.8, 4) is 11.1 Å². The van der Waals surface area contributed by atoms with Crippen molar-refractivity contribution in [1.29, 1.82) is 0 Å². The highest BCUT2D eigenvalue weighted by Gasteiger charge is 2.23. The smallest absolute Gasteiger partial charge is 0.251 e. The molecule has 0 unspecified atom stereocenters. The second-order valence-corrected chi connectivity index (χ2v) is 9.09. The third kappa shape index (κ3) is 4.63. The maximum absolute atomic E-state index is 14.6. The molecule has 0 saturated carbocycles. The molecule has 1 amide bonds. The van der Waals surface area contributed by atoms with Crippen LogP contribution < -0.4 is 15.1 Å². The highest BCUT2D eigenvalue weighted by molar-refractivity contribution is 6.33. The van der Waals surface area contributed by atoms with Gasteiger partial charge < -0.3 is 15.1 Å². The summed E-state index contributed by atoms with van der Waals surface area (Å²) in [5.41, 5.74) is 4.83. The fraction of sp³-hybridized carbons (Fsp3) is 0.222. The van der Waals surface area contributed by atoms with Crippen LogP contribution in [0.25, 0.3) is 16.8 Å². The van der Waals surface area contributed by atoms with Crippen molar-refractivity contribution in [2.75, 3.05) is 37.0 Å². The van der Waals surface area contributed by atoms with Gasteiger partial charge in [0, 0.05) is 49.0 Å². The lowest BCUT2D eigenvalue weighted by Crippen LogP contribution is -2.23. The molecule has 1 aliphatic rings. The zero-order valence-corrected chi connectivity index (χ0v) is 20.7. The van der Waals surface area contributed by atoms with E-state index in [9.17, 15) is 9.18 Å². The predicted molar refractivity (Wildman–Crippen MR) is 141 cm³/mol. The molecule has 4 rings (SSSR count). The van der Waals surface area contributed by atoms with Gasteiger partial charge in [-0.05, 0) is 60.9 Å². The molecule has 0 radical (unpaired) electrons. The summed E-state index contributed by atoms with van der Waals surface area (Å²) >= 11 is 12.8. The number of rotatable bonds is 6. The van der Waals surface area contributed by atoms with Gasteiger partial charge in [0.25, 0.3) is 5.91 Å². The Morgan fingerprint density at radius 1 is 1.06 bits per heavy atom. The SMILES string of the molecule is C=C(c1c(F)cccc1Cl)N(C)c1ccc(-c2cc(C(=O)NC)ccc2Cl)cc1N1CCCC1.